The van der Waals surface area contributed by atoms with Crippen molar-refractivity contribution in [2.75, 3.05) is 27.3 Å². The summed E-state index contributed by atoms with van der Waals surface area (Å²) in [4.78, 5) is 14.0. The summed E-state index contributed by atoms with van der Waals surface area (Å²) in [6, 6.07) is 0.245. The third-order valence-electron chi connectivity index (χ3n) is 4.34. The van der Waals surface area contributed by atoms with Crippen molar-refractivity contribution in [2.45, 2.75) is 44.4 Å². The average Bonchev–Trinajstić information content (AvgIpc) is 2.82. The van der Waals surface area contributed by atoms with E-state index in [0.717, 1.165) is 38.8 Å². The van der Waals surface area contributed by atoms with Crippen LogP contribution in [0.1, 0.15) is 32.6 Å². The van der Waals surface area contributed by atoms with Gasteiger partial charge in [-0.3, -0.25) is 0 Å². The molecule has 18 heavy (non-hydrogen) atoms. The molecule has 2 aliphatic rings. The van der Waals surface area contributed by atoms with Gasteiger partial charge in [0.2, 0.25) is 0 Å². The van der Waals surface area contributed by atoms with E-state index in [-0.39, 0.29) is 12.1 Å². The maximum atomic E-state index is 12.0. The molecule has 2 fully saturated rings. The van der Waals surface area contributed by atoms with Crippen LogP contribution in [0, 0.1) is 5.92 Å². The Balaban J connectivity index is 1.74. The van der Waals surface area contributed by atoms with Crippen LogP contribution < -0.4 is 5.32 Å². The zero-order valence-corrected chi connectivity index (χ0v) is 11.6. The molecule has 2 amide bonds. The Morgan fingerprint density at radius 3 is 2.56 bits per heavy atom. The Bertz CT molecular complexity index is 297. The van der Waals surface area contributed by atoms with Crippen LogP contribution in [0.2, 0.25) is 0 Å². The summed E-state index contributed by atoms with van der Waals surface area (Å²) < 4.78 is 10.6. The SMILES string of the molecule is CCC1CCN(C(=O)NC2CC(OC)(OC)C2)C1. The van der Waals surface area contributed by atoms with Crippen molar-refractivity contribution in [1.82, 2.24) is 10.2 Å². The molecule has 5 heteroatoms. The summed E-state index contributed by atoms with van der Waals surface area (Å²) >= 11 is 0. The molecule has 0 radical (unpaired) electrons. The van der Waals surface area contributed by atoms with Crippen molar-refractivity contribution in [3.05, 3.63) is 0 Å². The van der Waals surface area contributed by atoms with Crippen LogP contribution in [-0.2, 0) is 9.47 Å². The molecule has 5 nitrogen and oxygen atoms in total. The number of likely N-dealkylation sites (tertiary alicyclic amines) is 1. The number of methoxy groups -OCH3 is 2. The first-order valence-corrected chi connectivity index (χ1v) is 6.78. The first kappa shape index (κ1) is 13.6. The largest absolute Gasteiger partial charge is 0.353 e. The molecule has 0 aromatic carbocycles. The van der Waals surface area contributed by atoms with Gasteiger partial charge in [-0.05, 0) is 12.3 Å². The van der Waals surface area contributed by atoms with E-state index in [4.69, 9.17) is 9.47 Å². The molecule has 1 aliphatic carbocycles. The summed E-state index contributed by atoms with van der Waals surface area (Å²) in [6.45, 7) is 3.97. The van der Waals surface area contributed by atoms with Crippen LogP contribution in [0.25, 0.3) is 0 Å². The maximum absolute atomic E-state index is 12.0. The average molecular weight is 256 g/mol. The summed E-state index contributed by atoms with van der Waals surface area (Å²) in [5.74, 6) is 0.198. The van der Waals surface area contributed by atoms with E-state index < -0.39 is 5.79 Å². The first-order valence-electron chi connectivity index (χ1n) is 6.78. The van der Waals surface area contributed by atoms with Crippen LogP contribution in [0.15, 0.2) is 0 Å². The molecule has 0 spiro atoms. The van der Waals surface area contributed by atoms with Crippen molar-refractivity contribution in [3.8, 4) is 0 Å². The number of urea groups is 1. The fourth-order valence-corrected chi connectivity index (χ4v) is 2.83. The predicted molar refractivity (Wildman–Crippen MR) is 68.3 cm³/mol. The van der Waals surface area contributed by atoms with Gasteiger partial charge < -0.3 is 19.7 Å². The Hall–Kier alpha value is -0.810. The van der Waals surface area contributed by atoms with Crippen molar-refractivity contribution in [3.63, 3.8) is 0 Å². The Labute approximate surface area is 109 Å². The number of carbonyl (C=O) groups is 1. The second-order valence-electron chi connectivity index (χ2n) is 5.38. The molecule has 1 saturated carbocycles. The molecule has 104 valence electrons. The predicted octanol–water partition coefficient (Wildman–Crippen LogP) is 1.58. The molecule has 0 bridgehead atoms. The lowest BCUT2D eigenvalue weighted by atomic mass is 9.85. The standard InChI is InChI=1S/C13H24N2O3/c1-4-10-5-6-15(9-10)12(16)14-11-7-13(8-11,17-2)18-3/h10-11H,4-9H2,1-3H3,(H,14,16). The summed E-state index contributed by atoms with van der Waals surface area (Å²) in [6.07, 6.45) is 3.76. The number of ether oxygens (including phenoxy) is 2. The van der Waals surface area contributed by atoms with E-state index >= 15 is 0 Å². The molecule has 1 N–H and O–H groups in total. The number of carbonyl (C=O) groups excluding carboxylic acids is 1. The summed E-state index contributed by atoms with van der Waals surface area (Å²) in [7, 11) is 3.29. The van der Waals surface area contributed by atoms with Gasteiger partial charge in [0, 0.05) is 46.2 Å². The lowest BCUT2D eigenvalue weighted by molar-refractivity contribution is -0.258. The van der Waals surface area contributed by atoms with E-state index in [2.05, 4.69) is 12.2 Å². The smallest absolute Gasteiger partial charge is 0.317 e. The quantitative estimate of drug-likeness (QED) is 0.777. The van der Waals surface area contributed by atoms with Crippen molar-refractivity contribution >= 4 is 6.03 Å². The molecule has 1 unspecified atom stereocenters. The molecule has 1 aliphatic heterocycles. The number of nitrogens with zero attached hydrogens (tertiary/aromatic N) is 1. The van der Waals surface area contributed by atoms with Crippen molar-refractivity contribution < 1.29 is 14.3 Å². The van der Waals surface area contributed by atoms with E-state index in [9.17, 15) is 4.79 Å². The lowest BCUT2D eigenvalue weighted by Crippen LogP contribution is -2.58. The first-order chi connectivity index (χ1) is 8.62. The Morgan fingerprint density at radius 1 is 1.39 bits per heavy atom. The summed E-state index contributed by atoms with van der Waals surface area (Å²) in [5.41, 5.74) is 0. The maximum Gasteiger partial charge on any atom is 0.317 e. The molecule has 0 aromatic heterocycles. The Kier molecular flexibility index (Phi) is 4.12. The molecular weight excluding hydrogens is 232 g/mol. The highest BCUT2D eigenvalue weighted by atomic mass is 16.7. The van der Waals surface area contributed by atoms with Crippen LogP contribution in [0.5, 0.6) is 0 Å². The van der Waals surface area contributed by atoms with Crippen molar-refractivity contribution in [2.24, 2.45) is 5.92 Å². The second-order valence-corrected chi connectivity index (χ2v) is 5.38. The number of hydrogen-bond donors (Lipinski definition) is 1. The van der Waals surface area contributed by atoms with Gasteiger partial charge in [-0.2, -0.15) is 0 Å². The third kappa shape index (κ3) is 2.62. The molecule has 1 saturated heterocycles. The zero-order valence-electron chi connectivity index (χ0n) is 11.6. The van der Waals surface area contributed by atoms with Gasteiger partial charge in [-0.25, -0.2) is 4.79 Å². The molecule has 1 heterocycles. The van der Waals surface area contributed by atoms with Crippen LogP contribution in [0.3, 0.4) is 0 Å². The van der Waals surface area contributed by atoms with Crippen molar-refractivity contribution in [1.29, 1.82) is 0 Å². The van der Waals surface area contributed by atoms with Gasteiger partial charge in [0.05, 0.1) is 0 Å². The van der Waals surface area contributed by atoms with E-state index in [0.29, 0.717) is 5.92 Å². The van der Waals surface area contributed by atoms with Gasteiger partial charge in [0.15, 0.2) is 5.79 Å². The van der Waals surface area contributed by atoms with Gasteiger partial charge >= 0.3 is 6.03 Å². The van der Waals surface area contributed by atoms with E-state index in [1.807, 2.05) is 4.90 Å². The van der Waals surface area contributed by atoms with E-state index in [1.54, 1.807) is 14.2 Å². The normalized spacial score (nSPS) is 27.1. The zero-order chi connectivity index (χ0) is 13.2. The monoisotopic (exact) mass is 256 g/mol. The fraction of sp³-hybridized carbons (Fsp3) is 0.923. The molecule has 2 rings (SSSR count). The minimum atomic E-state index is -0.477. The highest BCUT2D eigenvalue weighted by Gasteiger charge is 2.46. The van der Waals surface area contributed by atoms with E-state index in [1.165, 1.54) is 0 Å². The van der Waals surface area contributed by atoms with Gasteiger partial charge in [0.25, 0.3) is 0 Å². The number of rotatable bonds is 4. The highest BCUT2D eigenvalue weighted by molar-refractivity contribution is 5.75. The van der Waals surface area contributed by atoms with Gasteiger partial charge in [-0.15, -0.1) is 0 Å². The minimum Gasteiger partial charge on any atom is -0.353 e. The molecule has 0 aromatic rings. The number of amides is 2. The number of hydrogen-bond acceptors (Lipinski definition) is 3. The van der Waals surface area contributed by atoms with Crippen LogP contribution in [0.4, 0.5) is 4.79 Å². The van der Waals surface area contributed by atoms with Crippen LogP contribution in [-0.4, -0.2) is 50.1 Å². The lowest BCUT2D eigenvalue weighted by Gasteiger charge is -2.45. The second kappa shape index (κ2) is 5.45. The fourth-order valence-electron chi connectivity index (χ4n) is 2.83. The van der Waals surface area contributed by atoms with Gasteiger partial charge in [-0.1, -0.05) is 13.3 Å². The Morgan fingerprint density at radius 2 is 2.06 bits per heavy atom. The highest BCUT2D eigenvalue weighted by Crippen LogP contribution is 2.36. The minimum absolute atomic E-state index is 0.0664. The summed E-state index contributed by atoms with van der Waals surface area (Å²) in [5, 5.41) is 3.05. The van der Waals surface area contributed by atoms with Gasteiger partial charge in [0.1, 0.15) is 0 Å². The van der Waals surface area contributed by atoms with Crippen LogP contribution >= 0.6 is 0 Å². The molecular formula is C13H24N2O3. The number of nitrogens with one attached hydrogen (secondary N) is 1. The topological polar surface area (TPSA) is 50.8 Å². The third-order valence-corrected chi connectivity index (χ3v) is 4.34. The molecule has 1 atom stereocenters.